The predicted molar refractivity (Wildman–Crippen MR) is 123 cm³/mol. The van der Waals surface area contributed by atoms with Gasteiger partial charge in [-0.05, 0) is 56.2 Å². The lowest BCUT2D eigenvalue weighted by atomic mass is 10.1. The van der Waals surface area contributed by atoms with Gasteiger partial charge in [0.05, 0.1) is 7.11 Å². The molecule has 0 radical (unpaired) electrons. The molecule has 158 valence electrons. The fraction of sp³-hybridized carbons (Fsp3) is 0.318. The van der Waals surface area contributed by atoms with Crippen molar-refractivity contribution in [1.29, 1.82) is 0 Å². The van der Waals surface area contributed by atoms with Gasteiger partial charge in [0.15, 0.2) is 5.17 Å². The van der Waals surface area contributed by atoms with Crippen molar-refractivity contribution in [3.63, 3.8) is 0 Å². The molecule has 1 saturated heterocycles. The van der Waals surface area contributed by atoms with Crippen LogP contribution >= 0.6 is 23.4 Å². The molecule has 6 nitrogen and oxygen atoms in total. The minimum Gasteiger partial charge on any atom is -0.494 e. The number of rotatable bonds is 6. The number of nitrogens with one attached hydrogen (secondary N) is 1. The van der Waals surface area contributed by atoms with Crippen LogP contribution in [0.1, 0.15) is 24.5 Å². The summed E-state index contributed by atoms with van der Waals surface area (Å²) < 4.78 is 5.34. The highest BCUT2D eigenvalue weighted by Crippen LogP contribution is 2.36. The van der Waals surface area contributed by atoms with Crippen LogP contribution in [0.15, 0.2) is 41.4 Å². The number of hydrogen-bond donors (Lipinski definition) is 1. The van der Waals surface area contributed by atoms with E-state index < -0.39 is 5.25 Å². The molecule has 0 bridgehead atoms. The number of aryl methyl sites for hydroxylation is 1. The summed E-state index contributed by atoms with van der Waals surface area (Å²) in [6.45, 7) is 6.29. The Labute approximate surface area is 185 Å². The summed E-state index contributed by atoms with van der Waals surface area (Å²) in [6.07, 6.45) is 0.0685. The number of amides is 2. The van der Waals surface area contributed by atoms with Crippen LogP contribution in [-0.4, -0.2) is 40.8 Å². The van der Waals surface area contributed by atoms with E-state index >= 15 is 0 Å². The maximum Gasteiger partial charge on any atom is 0.242 e. The van der Waals surface area contributed by atoms with Gasteiger partial charge >= 0.3 is 0 Å². The van der Waals surface area contributed by atoms with Crippen LogP contribution in [0, 0.1) is 13.8 Å². The molecule has 1 heterocycles. The molecule has 2 amide bonds. The third-order valence-corrected chi connectivity index (χ3v) is 6.35. The number of benzene rings is 2. The molecule has 1 aliphatic rings. The summed E-state index contributed by atoms with van der Waals surface area (Å²) >= 11 is 7.38. The fourth-order valence-corrected chi connectivity index (χ4v) is 4.51. The molecule has 0 unspecified atom stereocenters. The number of aliphatic imine (C=N–C) groups is 1. The molecule has 1 fully saturated rings. The summed E-state index contributed by atoms with van der Waals surface area (Å²) in [5.74, 6) is 0.234. The fourth-order valence-electron chi connectivity index (χ4n) is 3.13. The van der Waals surface area contributed by atoms with Crippen molar-refractivity contribution in [3.05, 3.63) is 52.5 Å². The van der Waals surface area contributed by atoms with Gasteiger partial charge in [-0.15, -0.1) is 0 Å². The Bertz CT molecular complexity index is 1010. The van der Waals surface area contributed by atoms with E-state index in [1.54, 1.807) is 30.2 Å². The number of ether oxygens (including phenoxy) is 1. The van der Waals surface area contributed by atoms with Crippen LogP contribution < -0.4 is 10.1 Å². The van der Waals surface area contributed by atoms with E-state index in [2.05, 4.69) is 10.3 Å². The van der Waals surface area contributed by atoms with Gasteiger partial charge in [-0.2, -0.15) is 0 Å². The molecule has 1 N–H and O–H groups in total. The smallest absolute Gasteiger partial charge is 0.242 e. The zero-order chi connectivity index (χ0) is 21.8. The van der Waals surface area contributed by atoms with Crippen LogP contribution in [0.2, 0.25) is 5.02 Å². The van der Waals surface area contributed by atoms with Gasteiger partial charge < -0.3 is 10.1 Å². The minimum absolute atomic E-state index is 0.0685. The van der Waals surface area contributed by atoms with Gasteiger partial charge in [-0.3, -0.25) is 14.5 Å². The van der Waals surface area contributed by atoms with Gasteiger partial charge in [0.2, 0.25) is 11.8 Å². The average molecular weight is 446 g/mol. The number of carbonyl (C=O) groups excluding carboxylic acids is 2. The largest absolute Gasteiger partial charge is 0.494 e. The maximum absolute atomic E-state index is 12.9. The highest BCUT2D eigenvalue weighted by molar-refractivity contribution is 8.15. The summed E-state index contributed by atoms with van der Waals surface area (Å²) in [5, 5.41) is 3.45. The number of methoxy groups -OCH3 is 1. The topological polar surface area (TPSA) is 71.0 Å². The van der Waals surface area contributed by atoms with Crippen molar-refractivity contribution in [2.24, 2.45) is 4.99 Å². The van der Waals surface area contributed by atoms with Gasteiger partial charge in [-0.25, -0.2) is 4.99 Å². The van der Waals surface area contributed by atoms with E-state index in [-0.39, 0.29) is 18.2 Å². The Morgan fingerprint density at radius 3 is 2.77 bits per heavy atom. The number of halogens is 1. The monoisotopic (exact) mass is 445 g/mol. The standard InChI is InChI=1S/C22H24ClN3O3S/c1-5-26-21(28)19(12-20(27)24-16-8-6-7-13(2)14(16)3)30-22(26)25-17-11-15(23)9-10-18(17)29-4/h6-11,19H,5,12H2,1-4H3,(H,24,27)/t19-/m0/s1. The minimum atomic E-state index is -0.529. The molecule has 0 aromatic heterocycles. The van der Waals surface area contributed by atoms with Crippen molar-refractivity contribution in [1.82, 2.24) is 4.90 Å². The molecule has 1 aliphatic heterocycles. The highest BCUT2D eigenvalue weighted by Gasteiger charge is 2.38. The van der Waals surface area contributed by atoms with Crippen molar-refractivity contribution in [2.45, 2.75) is 32.4 Å². The quantitative estimate of drug-likeness (QED) is 0.683. The molecule has 0 spiro atoms. The number of carbonyl (C=O) groups is 2. The summed E-state index contributed by atoms with van der Waals surface area (Å²) in [7, 11) is 1.55. The molecular formula is C22H24ClN3O3S. The summed E-state index contributed by atoms with van der Waals surface area (Å²) in [4.78, 5) is 31.7. The van der Waals surface area contributed by atoms with Crippen molar-refractivity contribution >= 4 is 51.7 Å². The number of nitrogens with zero attached hydrogens (tertiary/aromatic N) is 2. The number of amidine groups is 1. The van der Waals surface area contributed by atoms with E-state index in [0.717, 1.165) is 16.8 Å². The van der Waals surface area contributed by atoms with Crippen molar-refractivity contribution in [3.8, 4) is 5.75 Å². The van der Waals surface area contributed by atoms with Crippen molar-refractivity contribution < 1.29 is 14.3 Å². The molecular weight excluding hydrogens is 422 g/mol. The van der Waals surface area contributed by atoms with Crippen molar-refractivity contribution in [2.75, 3.05) is 19.0 Å². The zero-order valence-corrected chi connectivity index (χ0v) is 18.9. The number of thioether (sulfide) groups is 1. The van der Waals surface area contributed by atoms with E-state index in [1.165, 1.54) is 11.8 Å². The Balaban J connectivity index is 1.78. The summed E-state index contributed by atoms with van der Waals surface area (Å²) in [6, 6.07) is 10.9. The van der Waals surface area contributed by atoms with Gasteiger partial charge in [0.1, 0.15) is 16.7 Å². The van der Waals surface area contributed by atoms with Crippen LogP contribution in [0.3, 0.4) is 0 Å². The molecule has 3 rings (SSSR count). The second-order valence-electron chi connectivity index (χ2n) is 6.90. The number of anilines is 1. The Kier molecular flexibility index (Phi) is 7.05. The lowest BCUT2D eigenvalue weighted by Crippen LogP contribution is -2.33. The lowest BCUT2D eigenvalue weighted by Gasteiger charge is -2.14. The molecule has 0 saturated carbocycles. The molecule has 30 heavy (non-hydrogen) atoms. The first kappa shape index (κ1) is 22.2. The maximum atomic E-state index is 12.9. The van der Waals surface area contributed by atoms with Crippen LogP contribution in [0.5, 0.6) is 5.75 Å². The first-order valence-electron chi connectivity index (χ1n) is 9.60. The SMILES string of the molecule is CCN1C(=O)[C@H](CC(=O)Nc2cccc(C)c2C)SC1=Nc1cc(Cl)ccc1OC. The second kappa shape index (κ2) is 9.53. The third-order valence-electron chi connectivity index (χ3n) is 4.94. The molecule has 0 aliphatic carbocycles. The first-order valence-corrected chi connectivity index (χ1v) is 10.9. The van der Waals surface area contributed by atoms with Crippen LogP contribution in [0.4, 0.5) is 11.4 Å². The van der Waals surface area contributed by atoms with E-state index in [4.69, 9.17) is 16.3 Å². The highest BCUT2D eigenvalue weighted by atomic mass is 35.5. The second-order valence-corrected chi connectivity index (χ2v) is 8.51. The predicted octanol–water partition coefficient (Wildman–Crippen LogP) is 4.95. The number of hydrogen-bond acceptors (Lipinski definition) is 5. The Hall–Kier alpha value is -2.51. The van der Waals surface area contributed by atoms with Crippen LogP contribution in [0.25, 0.3) is 0 Å². The van der Waals surface area contributed by atoms with E-state index in [0.29, 0.717) is 28.2 Å². The lowest BCUT2D eigenvalue weighted by molar-refractivity contribution is -0.128. The van der Waals surface area contributed by atoms with E-state index in [9.17, 15) is 9.59 Å². The third kappa shape index (κ3) is 4.79. The molecule has 2 aromatic carbocycles. The molecule has 2 aromatic rings. The molecule has 8 heteroatoms. The van der Waals surface area contributed by atoms with Gasteiger partial charge in [0, 0.05) is 23.7 Å². The normalized spacial score (nSPS) is 17.5. The Morgan fingerprint density at radius 2 is 2.07 bits per heavy atom. The molecule has 1 atom stereocenters. The van der Waals surface area contributed by atoms with E-state index in [1.807, 2.05) is 39.0 Å². The van der Waals surface area contributed by atoms with Gasteiger partial charge in [0.25, 0.3) is 0 Å². The van der Waals surface area contributed by atoms with Gasteiger partial charge in [-0.1, -0.05) is 35.5 Å². The first-order chi connectivity index (χ1) is 14.3. The zero-order valence-electron chi connectivity index (χ0n) is 17.4. The van der Waals surface area contributed by atoms with Crippen LogP contribution in [-0.2, 0) is 9.59 Å². The summed E-state index contributed by atoms with van der Waals surface area (Å²) in [5.41, 5.74) is 3.42. The Morgan fingerprint density at radius 1 is 1.30 bits per heavy atom. The average Bonchev–Trinajstić information content (AvgIpc) is 2.99.